The van der Waals surface area contributed by atoms with Crippen molar-refractivity contribution in [3.8, 4) is 0 Å². The molecule has 0 aliphatic carbocycles. The number of carbonyl (C=O) groups is 2. The summed E-state index contributed by atoms with van der Waals surface area (Å²) in [7, 11) is 0. The Morgan fingerprint density at radius 2 is 1.38 bits per heavy atom. The van der Waals surface area contributed by atoms with Crippen molar-refractivity contribution in [3.63, 3.8) is 0 Å². The van der Waals surface area contributed by atoms with Crippen LogP contribution in [0.5, 0.6) is 0 Å². The second kappa shape index (κ2) is 11.4. The monoisotopic (exact) mass is 154 g/mol. The SMILES string of the molecule is O=C[S+]([O-])C=O.[NaH].[NaH]. The molecule has 0 aliphatic heterocycles. The zero-order valence-corrected chi connectivity index (χ0v) is 3.60. The van der Waals surface area contributed by atoms with E-state index in [9.17, 15) is 14.1 Å². The second-order valence-corrected chi connectivity index (χ2v) is 1.56. The van der Waals surface area contributed by atoms with Crippen LogP contribution in [0.1, 0.15) is 0 Å². The first-order chi connectivity index (χ1) is 2.81. The third-order valence-corrected chi connectivity index (χ3v) is 0.569. The molecule has 0 saturated heterocycles. The van der Waals surface area contributed by atoms with Crippen molar-refractivity contribution in [2.75, 3.05) is 0 Å². The van der Waals surface area contributed by atoms with E-state index in [2.05, 4.69) is 0 Å². The summed E-state index contributed by atoms with van der Waals surface area (Å²) in [5, 5.41) is 0. The van der Waals surface area contributed by atoms with Crippen molar-refractivity contribution in [1.29, 1.82) is 0 Å². The minimum atomic E-state index is -1.90. The minimum absolute atomic E-state index is 0. The van der Waals surface area contributed by atoms with E-state index in [1.165, 1.54) is 0 Å². The van der Waals surface area contributed by atoms with Gasteiger partial charge >= 0.3 is 70.4 Å². The van der Waals surface area contributed by atoms with E-state index in [4.69, 9.17) is 0 Å². The fourth-order valence-corrected chi connectivity index (χ4v) is 0.0680. The normalized spacial score (nSPS) is 6.25. The molecular formula is C2H4Na2O3S. The van der Waals surface area contributed by atoms with Crippen LogP contribution in [0.15, 0.2) is 0 Å². The summed E-state index contributed by atoms with van der Waals surface area (Å²) in [4.78, 5) is 18.4. The first-order valence-corrected chi connectivity index (χ1v) is 2.39. The van der Waals surface area contributed by atoms with Gasteiger partial charge in [0, 0.05) is 0 Å². The molecule has 0 aliphatic rings. The van der Waals surface area contributed by atoms with Gasteiger partial charge < -0.3 is 4.55 Å². The Labute approximate surface area is 94.3 Å². The Balaban J connectivity index is -0.000000125. The third-order valence-electron chi connectivity index (χ3n) is 0.190. The van der Waals surface area contributed by atoms with Crippen molar-refractivity contribution in [1.82, 2.24) is 0 Å². The summed E-state index contributed by atoms with van der Waals surface area (Å²) < 4.78 is 9.56. The summed E-state index contributed by atoms with van der Waals surface area (Å²) in [6.07, 6.45) is 0. The standard InChI is InChI=1S/C2H2O3S.2Na.2H/c3-1-6(5)2-4;;;;/h1-2H;;;;. The van der Waals surface area contributed by atoms with E-state index >= 15 is 0 Å². The van der Waals surface area contributed by atoms with Crippen molar-refractivity contribution in [3.05, 3.63) is 0 Å². The molecule has 3 nitrogen and oxygen atoms in total. The van der Waals surface area contributed by atoms with E-state index in [1.54, 1.807) is 0 Å². The van der Waals surface area contributed by atoms with Gasteiger partial charge in [0.25, 0.3) is 0 Å². The maximum absolute atomic E-state index is 9.56. The summed E-state index contributed by atoms with van der Waals surface area (Å²) >= 11 is -1.90. The van der Waals surface area contributed by atoms with Gasteiger partial charge in [-0.25, -0.2) is 9.59 Å². The third kappa shape index (κ3) is 10.6. The maximum atomic E-state index is 9.56. The zero-order chi connectivity index (χ0) is 4.99. The van der Waals surface area contributed by atoms with Crippen LogP contribution in [0.2, 0.25) is 0 Å². The van der Waals surface area contributed by atoms with Gasteiger partial charge in [0.2, 0.25) is 0 Å². The number of carbonyl (C=O) groups excluding carboxylic acids is 2. The van der Waals surface area contributed by atoms with Gasteiger partial charge in [0.15, 0.2) is 0 Å². The number of rotatable bonds is 2. The van der Waals surface area contributed by atoms with Gasteiger partial charge in [-0.1, -0.05) is 0 Å². The van der Waals surface area contributed by atoms with Gasteiger partial charge in [-0.2, -0.15) is 0 Å². The molecule has 0 atom stereocenters. The second-order valence-electron chi connectivity index (χ2n) is 0.521. The van der Waals surface area contributed by atoms with Gasteiger partial charge in [-0.15, -0.1) is 0 Å². The molecule has 0 rings (SSSR count). The molecule has 0 spiro atoms. The predicted molar refractivity (Wildman–Crippen MR) is 35.9 cm³/mol. The molecule has 0 unspecified atom stereocenters. The molecule has 8 heavy (non-hydrogen) atoms. The fourth-order valence-electron chi connectivity index (χ4n) is 0.0227. The molecule has 38 valence electrons. The van der Waals surface area contributed by atoms with E-state index in [1.807, 2.05) is 0 Å². The van der Waals surface area contributed by atoms with E-state index in [0.717, 1.165) is 0 Å². The molecule has 0 bridgehead atoms. The number of hydrogen-bond donors (Lipinski definition) is 0. The van der Waals surface area contributed by atoms with Crippen LogP contribution in [0.3, 0.4) is 0 Å². The predicted octanol–water partition coefficient (Wildman–Crippen LogP) is -2.18. The Morgan fingerprint density at radius 1 is 1.12 bits per heavy atom. The Morgan fingerprint density at radius 3 is 1.38 bits per heavy atom. The summed E-state index contributed by atoms with van der Waals surface area (Å²) in [5.41, 5.74) is 0.153. The molecule has 0 aromatic rings. The van der Waals surface area contributed by atoms with Crippen LogP contribution in [0, 0.1) is 0 Å². The van der Waals surface area contributed by atoms with Crippen LogP contribution >= 0.6 is 0 Å². The van der Waals surface area contributed by atoms with Crippen molar-refractivity contribution >= 4 is 81.5 Å². The van der Waals surface area contributed by atoms with Gasteiger partial charge in [-0.05, 0) is 0 Å². The molecule has 0 N–H and O–H groups in total. The molecule has 0 saturated carbocycles. The van der Waals surface area contributed by atoms with Crippen molar-refractivity contribution < 1.29 is 14.1 Å². The Hall–Kier alpha value is 1.65. The fraction of sp³-hybridized carbons (Fsp3) is 0. The van der Waals surface area contributed by atoms with E-state index in [0.29, 0.717) is 0 Å². The van der Waals surface area contributed by atoms with Crippen molar-refractivity contribution in [2.24, 2.45) is 0 Å². The topological polar surface area (TPSA) is 57.2 Å². The molecule has 0 amide bonds. The van der Waals surface area contributed by atoms with Crippen LogP contribution in [0.4, 0.5) is 0 Å². The molecular weight excluding hydrogens is 150 g/mol. The molecule has 0 fully saturated rings. The van der Waals surface area contributed by atoms with Gasteiger partial charge in [0.1, 0.15) is 0 Å². The molecule has 0 aromatic carbocycles. The Kier molecular flexibility index (Phi) is 23.4. The summed E-state index contributed by atoms with van der Waals surface area (Å²) in [6, 6.07) is 0. The van der Waals surface area contributed by atoms with E-state index < -0.39 is 11.2 Å². The zero-order valence-electron chi connectivity index (χ0n) is 2.79. The van der Waals surface area contributed by atoms with Crippen LogP contribution < -0.4 is 0 Å². The average molecular weight is 154 g/mol. The van der Waals surface area contributed by atoms with Crippen LogP contribution in [-0.2, 0) is 20.8 Å². The average Bonchev–Trinajstić information content (AvgIpc) is 1.65. The molecule has 0 heterocycles. The van der Waals surface area contributed by atoms with Gasteiger partial charge in [-0.3, -0.25) is 0 Å². The van der Waals surface area contributed by atoms with Crippen LogP contribution in [0.25, 0.3) is 0 Å². The van der Waals surface area contributed by atoms with Crippen LogP contribution in [-0.4, -0.2) is 74.9 Å². The van der Waals surface area contributed by atoms with Crippen molar-refractivity contribution in [2.45, 2.75) is 0 Å². The van der Waals surface area contributed by atoms with Gasteiger partial charge in [0.05, 0.1) is 11.2 Å². The first-order valence-electron chi connectivity index (χ1n) is 1.11. The van der Waals surface area contributed by atoms with E-state index in [-0.39, 0.29) is 70.4 Å². The molecule has 6 heteroatoms. The molecule has 0 aromatic heterocycles. The summed E-state index contributed by atoms with van der Waals surface area (Å²) in [6.45, 7) is 0. The quantitative estimate of drug-likeness (QED) is 0.258. The number of hydrogen-bond acceptors (Lipinski definition) is 3. The molecule has 0 radical (unpaired) electrons. The first kappa shape index (κ1) is 16.3. The summed E-state index contributed by atoms with van der Waals surface area (Å²) in [5.74, 6) is 0. The Bertz CT molecular complexity index is 60.3.